The van der Waals surface area contributed by atoms with Crippen molar-refractivity contribution in [1.82, 2.24) is 0 Å². The summed E-state index contributed by atoms with van der Waals surface area (Å²) in [5, 5.41) is 0.856. The third-order valence-electron chi connectivity index (χ3n) is 2.11. The molecule has 102 valence electrons. The second-order valence-corrected chi connectivity index (χ2v) is 9.76. The van der Waals surface area contributed by atoms with Gasteiger partial charge in [0.1, 0.15) is 0 Å². The van der Waals surface area contributed by atoms with Crippen molar-refractivity contribution in [3.05, 3.63) is 23.4 Å². The summed E-state index contributed by atoms with van der Waals surface area (Å²) in [4.78, 5) is 22.7. The van der Waals surface area contributed by atoms with Gasteiger partial charge in [0.05, 0.1) is 21.3 Å². The summed E-state index contributed by atoms with van der Waals surface area (Å²) in [6, 6.07) is 0. The van der Waals surface area contributed by atoms with E-state index >= 15 is 0 Å². The van der Waals surface area contributed by atoms with Crippen molar-refractivity contribution in [3.8, 4) is 0 Å². The van der Waals surface area contributed by atoms with Crippen molar-refractivity contribution in [1.29, 1.82) is 0 Å². The maximum atomic E-state index is 11.4. The highest BCUT2D eigenvalue weighted by Gasteiger charge is 2.19. The topological polar surface area (TPSA) is 52.6 Å². The summed E-state index contributed by atoms with van der Waals surface area (Å²) >= 11 is 0. The van der Waals surface area contributed by atoms with E-state index in [1.54, 1.807) is 19.9 Å². The highest BCUT2D eigenvalue weighted by molar-refractivity contribution is 6.84. The van der Waals surface area contributed by atoms with Crippen molar-refractivity contribution in [2.45, 2.75) is 33.5 Å². The molecule has 0 atom stereocenters. The van der Waals surface area contributed by atoms with Crippen LogP contribution in [0, 0.1) is 0 Å². The van der Waals surface area contributed by atoms with Crippen LogP contribution in [0.1, 0.15) is 13.8 Å². The predicted octanol–water partition coefficient (Wildman–Crippen LogP) is 2.47. The monoisotopic (exact) mass is 270 g/mol. The zero-order chi connectivity index (χ0) is 14.2. The first kappa shape index (κ1) is 16.6. The Morgan fingerprint density at radius 2 is 1.44 bits per heavy atom. The fraction of sp³-hybridized carbons (Fsp3) is 0.538. The average Bonchev–Trinajstić information content (AvgIpc) is 2.23. The lowest BCUT2D eigenvalue weighted by molar-refractivity contribution is -0.138. The van der Waals surface area contributed by atoms with Crippen LogP contribution in [-0.4, -0.2) is 33.2 Å². The Morgan fingerprint density at radius 1 is 0.944 bits per heavy atom. The predicted molar refractivity (Wildman–Crippen MR) is 73.8 cm³/mol. The van der Waals surface area contributed by atoms with Crippen LogP contribution in [0.4, 0.5) is 0 Å². The fourth-order valence-corrected chi connectivity index (χ4v) is 2.31. The van der Waals surface area contributed by atoms with E-state index in [-0.39, 0.29) is 5.97 Å². The molecule has 0 fully saturated rings. The van der Waals surface area contributed by atoms with E-state index < -0.39 is 14.0 Å². The molecule has 0 radical (unpaired) electrons. The molecule has 0 aliphatic rings. The zero-order valence-electron chi connectivity index (χ0n) is 11.8. The molecule has 0 saturated carbocycles. The largest absolute Gasteiger partial charge is 0.463 e. The number of hydrogen-bond acceptors (Lipinski definition) is 4. The van der Waals surface area contributed by atoms with Crippen molar-refractivity contribution in [2.24, 2.45) is 0 Å². The minimum atomic E-state index is -1.70. The molecule has 0 unspecified atom stereocenters. The number of ether oxygens (including phenoxy) is 2. The Bertz CT molecular complexity index is 350. The molecule has 4 nitrogen and oxygen atoms in total. The fourth-order valence-electron chi connectivity index (χ4n) is 1.17. The summed E-state index contributed by atoms with van der Waals surface area (Å²) in [6.45, 7) is 10.5. The molecular formula is C13H22O4Si. The standard InChI is InChI=1S/C13H22O4Si/c1-6-16-12(14)9-8-11(18(3,4)5)10-13(15)17-7-2/h8-10H,6-7H2,1-5H3/b9-8+,11-10+. The summed E-state index contributed by atoms with van der Waals surface area (Å²) in [7, 11) is -1.70. The molecule has 0 saturated heterocycles. The van der Waals surface area contributed by atoms with Crippen LogP contribution in [0.5, 0.6) is 0 Å². The Hall–Kier alpha value is -1.36. The van der Waals surface area contributed by atoms with Crippen molar-refractivity contribution in [2.75, 3.05) is 13.2 Å². The van der Waals surface area contributed by atoms with Crippen molar-refractivity contribution < 1.29 is 19.1 Å². The van der Waals surface area contributed by atoms with E-state index in [1.165, 1.54) is 12.2 Å². The van der Waals surface area contributed by atoms with Crippen LogP contribution in [0.25, 0.3) is 0 Å². The summed E-state index contributed by atoms with van der Waals surface area (Å²) in [5.41, 5.74) is 0. The van der Waals surface area contributed by atoms with Gasteiger partial charge in [-0.1, -0.05) is 30.9 Å². The van der Waals surface area contributed by atoms with Crippen molar-refractivity contribution >= 4 is 20.0 Å². The maximum absolute atomic E-state index is 11.4. The minimum Gasteiger partial charge on any atom is -0.463 e. The molecule has 0 spiro atoms. The first-order valence-electron chi connectivity index (χ1n) is 6.05. The van der Waals surface area contributed by atoms with Gasteiger partial charge in [0.2, 0.25) is 0 Å². The molecule has 5 heteroatoms. The molecule has 0 aromatic carbocycles. The zero-order valence-corrected chi connectivity index (χ0v) is 12.8. The highest BCUT2D eigenvalue weighted by Crippen LogP contribution is 2.16. The van der Waals surface area contributed by atoms with Crippen LogP contribution in [0.15, 0.2) is 23.4 Å². The Labute approximate surface area is 110 Å². The van der Waals surface area contributed by atoms with Crippen molar-refractivity contribution in [3.63, 3.8) is 0 Å². The van der Waals surface area contributed by atoms with Gasteiger partial charge in [0.15, 0.2) is 0 Å². The number of esters is 2. The molecule has 0 aromatic rings. The second kappa shape index (κ2) is 7.87. The Kier molecular flexibility index (Phi) is 7.27. The average molecular weight is 270 g/mol. The summed E-state index contributed by atoms with van der Waals surface area (Å²) < 4.78 is 9.68. The van der Waals surface area contributed by atoms with E-state index in [9.17, 15) is 9.59 Å². The molecule has 0 aromatic heterocycles. The van der Waals surface area contributed by atoms with E-state index in [4.69, 9.17) is 9.47 Å². The highest BCUT2D eigenvalue weighted by atomic mass is 28.3. The van der Waals surface area contributed by atoms with Gasteiger partial charge in [0, 0.05) is 12.2 Å². The van der Waals surface area contributed by atoms with E-state index in [1.807, 2.05) is 0 Å². The summed E-state index contributed by atoms with van der Waals surface area (Å²) in [5.74, 6) is -0.769. The molecule has 18 heavy (non-hydrogen) atoms. The van der Waals surface area contributed by atoms with Crippen LogP contribution in [-0.2, 0) is 19.1 Å². The summed E-state index contributed by atoms with van der Waals surface area (Å²) in [6.07, 6.45) is 4.47. The number of rotatable bonds is 6. The third kappa shape index (κ3) is 7.06. The first-order valence-corrected chi connectivity index (χ1v) is 9.55. The van der Waals surface area contributed by atoms with Gasteiger partial charge in [-0.25, -0.2) is 9.59 Å². The lowest BCUT2D eigenvalue weighted by atomic mass is 10.4. The molecule has 0 amide bonds. The van der Waals surface area contributed by atoms with Crippen LogP contribution in [0.3, 0.4) is 0 Å². The van der Waals surface area contributed by atoms with Gasteiger partial charge in [-0.3, -0.25) is 0 Å². The molecule has 0 aliphatic heterocycles. The molecule has 0 aliphatic carbocycles. The van der Waals surface area contributed by atoms with Crippen LogP contribution >= 0.6 is 0 Å². The SMILES string of the molecule is CCOC(=O)/C=C/C(=C\C(=O)OCC)[Si](C)(C)C. The minimum absolute atomic E-state index is 0.340. The Balaban J connectivity index is 4.92. The third-order valence-corrected chi connectivity index (χ3v) is 4.15. The van der Waals surface area contributed by atoms with Gasteiger partial charge in [0.25, 0.3) is 0 Å². The van der Waals surface area contributed by atoms with Gasteiger partial charge in [-0.2, -0.15) is 0 Å². The lowest BCUT2D eigenvalue weighted by Gasteiger charge is -2.17. The van der Waals surface area contributed by atoms with Crippen LogP contribution in [0.2, 0.25) is 19.6 Å². The number of allylic oxidation sites excluding steroid dienone is 2. The van der Waals surface area contributed by atoms with E-state index in [0.29, 0.717) is 13.2 Å². The lowest BCUT2D eigenvalue weighted by Crippen LogP contribution is -2.24. The molecule has 0 bridgehead atoms. The van der Waals surface area contributed by atoms with E-state index in [2.05, 4.69) is 19.6 Å². The van der Waals surface area contributed by atoms with Crippen LogP contribution < -0.4 is 0 Å². The molecule has 0 N–H and O–H groups in total. The quantitative estimate of drug-likeness (QED) is 0.322. The van der Waals surface area contributed by atoms with Gasteiger partial charge in [-0.15, -0.1) is 0 Å². The first-order chi connectivity index (χ1) is 8.31. The van der Waals surface area contributed by atoms with Gasteiger partial charge in [-0.05, 0) is 13.8 Å². The molecule has 0 rings (SSSR count). The maximum Gasteiger partial charge on any atom is 0.330 e. The van der Waals surface area contributed by atoms with Gasteiger partial charge >= 0.3 is 11.9 Å². The normalized spacial score (nSPS) is 12.6. The molecule has 0 heterocycles. The van der Waals surface area contributed by atoms with Gasteiger partial charge < -0.3 is 9.47 Å². The number of carbonyl (C=O) groups is 2. The molecular weight excluding hydrogens is 248 g/mol. The number of carbonyl (C=O) groups excluding carboxylic acids is 2. The number of hydrogen-bond donors (Lipinski definition) is 0. The second-order valence-electron chi connectivity index (χ2n) is 4.69. The van der Waals surface area contributed by atoms with E-state index in [0.717, 1.165) is 5.20 Å². The Morgan fingerprint density at radius 3 is 1.89 bits per heavy atom. The smallest absolute Gasteiger partial charge is 0.330 e.